The van der Waals surface area contributed by atoms with Gasteiger partial charge in [0.05, 0.1) is 18.1 Å². The Morgan fingerprint density at radius 3 is 2.59 bits per heavy atom. The second-order valence-electron chi connectivity index (χ2n) is 6.31. The van der Waals surface area contributed by atoms with Gasteiger partial charge in [-0.25, -0.2) is 4.98 Å². The molecule has 0 aliphatic carbocycles. The van der Waals surface area contributed by atoms with Crippen molar-refractivity contribution in [2.45, 2.75) is 6.61 Å². The molecule has 1 aromatic heterocycles. The van der Waals surface area contributed by atoms with Crippen molar-refractivity contribution in [3.63, 3.8) is 0 Å². The molecule has 7 nitrogen and oxygen atoms in total. The quantitative estimate of drug-likeness (QED) is 0.508. The van der Waals surface area contributed by atoms with Gasteiger partial charge in [0.25, 0.3) is 5.69 Å². The third-order valence-corrected chi connectivity index (χ3v) is 4.55. The van der Waals surface area contributed by atoms with Crippen LogP contribution in [0.5, 0.6) is 5.75 Å². The molecule has 0 atom stereocenters. The first-order valence-corrected chi connectivity index (χ1v) is 8.79. The first kappa shape index (κ1) is 17.2. The number of nitrogens with zero attached hydrogens (tertiary/aromatic N) is 3. The Kier molecular flexibility index (Phi) is 4.84. The van der Waals surface area contributed by atoms with Crippen LogP contribution in [0.25, 0.3) is 10.9 Å². The highest BCUT2D eigenvalue weighted by atomic mass is 16.6. The molecular formula is C20H19N3O4. The first-order valence-electron chi connectivity index (χ1n) is 8.79. The maximum Gasteiger partial charge on any atom is 0.269 e. The van der Waals surface area contributed by atoms with Gasteiger partial charge in [-0.05, 0) is 35.9 Å². The van der Waals surface area contributed by atoms with Crippen LogP contribution in [0.15, 0.2) is 54.6 Å². The molecule has 138 valence electrons. The summed E-state index contributed by atoms with van der Waals surface area (Å²) in [7, 11) is 0. The standard InChI is InChI=1S/C20H19N3O4/c24-23(25)17-7-4-15(5-8-17)14-27-18-3-1-2-16-6-9-19(21-20(16)18)22-10-12-26-13-11-22/h1-9H,10-14H2. The van der Waals surface area contributed by atoms with E-state index in [1.807, 2.05) is 30.3 Å². The molecule has 0 amide bonds. The lowest BCUT2D eigenvalue weighted by atomic mass is 10.2. The van der Waals surface area contributed by atoms with Crippen LogP contribution in [0.3, 0.4) is 0 Å². The molecular weight excluding hydrogens is 346 g/mol. The van der Waals surface area contributed by atoms with Crippen molar-refractivity contribution < 1.29 is 14.4 Å². The Balaban J connectivity index is 1.56. The lowest BCUT2D eigenvalue weighted by molar-refractivity contribution is -0.384. The third kappa shape index (κ3) is 3.83. The van der Waals surface area contributed by atoms with Gasteiger partial charge >= 0.3 is 0 Å². The third-order valence-electron chi connectivity index (χ3n) is 4.55. The summed E-state index contributed by atoms with van der Waals surface area (Å²) in [5, 5.41) is 11.8. The van der Waals surface area contributed by atoms with E-state index in [2.05, 4.69) is 4.90 Å². The van der Waals surface area contributed by atoms with Crippen LogP contribution >= 0.6 is 0 Å². The van der Waals surface area contributed by atoms with E-state index in [0.29, 0.717) is 25.6 Å². The lowest BCUT2D eigenvalue weighted by Crippen LogP contribution is -2.36. The Hall–Kier alpha value is -3.19. The lowest BCUT2D eigenvalue weighted by Gasteiger charge is -2.28. The summed E-state index contributed by atoms with van der Waals surface area (Å²) in [4.78, 5) is 17.4. The van der Waals surface area contributed by atoms with E-state index in [1.54, 1.807) is 12.1 Å². The minimum Gasteiger partial charge on any atom is -0.487 e. The van der Waals surface area contributed by atoms with Crippen LogP contribution in [-0.2, 0) is 11.3 Å². The first-order chi connectivity index (χ1) is 13.2. The van der Waals surface area contributed by atoms with Crippen LogP contribution in [0.4, 0.5) is 11.5 Å². The highest BCUT2D eigenvalue weighted by Crippen LogP contribution is 2.27. The molecule has 0 spiro atoms. The molecule has 1 aliphatic heterocycles. The van der Waals surface area contributed by atoms with Crippen molar-refractivity contribution in [2.75, 3.05) is 31.2 Å². The van der Waals surface area contributed by atoms with E-state index in [0.717, 1.165) is 35.4 Å². The summed E-state index contributed by atoms with van der Waals surface area (Å²) in [5.74, 6) is 1.61. The maximum absolute atomic E-state index is 10.8. The number of fused-ring (bicyclic) bond motifs is 1. The average Bonchev–Trinajstić information content (AvgIpc) is 2.72. The van der Waals surface area contributed by atoms with Gasteiger partial charge in [0.2, 0.25) is 0 Å². The normalized spacial score (nSPS) is 14.3. The second kappa shape index (κ2) is 7.59. The topological polar surface area (TPSA) is 77.7 Å². The zero-order chi connectivity index (χ0) is 18.6. The van der Waals surface area contributed by atoms with Crippen molar-refractivity contribution >= 4 is 22.4 Å². The molecule has 27 heavy (non-hydrogen) atoms. The molecule has 2 aromatic carbocycles. The van der Waals surface area contributed by atoms with Crippen LogP contribution < -0.4 is 9.64 Å². The summed E-state index contributed by atoms with van der Waals surface area (Å²) >= 11 is 0. The predicted molar refractivity (Wildman–Crippen MR) is 102 cm³/mol. The van der Waals surface area contributed by atoms with E-state index < -0.39 is 4.92 Å². The largest absolute Gasteiger partial charge is 0.487 e. The Labute approximate surface area is 156 Å². The van der Waals surface area contributed by atoms with Crippen molar-refractivity contribution in [2.24, 2.45) is 0 Å². The summed E-state index contributed by atoms with van der Waals surface area (Å²) in [6.07, 6.45) is 0. The van der Waals surface area contributed by atoms with E-state index in [-0.39, 0.29) is 5.69 Å². The van der Waals surface area contributed by atoms with Gasteiger partial charge in [-0.3, -0.25) is 10.1 Å². The molecule has 7 heteroatoms. The molecule has 3 aromatic rings. The fourth-order valence-electron chi connectivity index (χ4n) is 3.07. The number of benzene rings is 2. The fraction of sp³-hybridized carbons (Fsp3) is 0.250. The number of anilines is 1. The predicted octanol–water partition coefficient (Wildman–Crippen LogP) is 3.56. The molecule has 1 saturated heterocycles. The van der Waals surface area contributed by atoms with Crippen LogP contribution in [-0.4, -0.2) is 36.2 Å². The van der Waals surface area contributed by atoms with Crippen molar-refractivity contribution in [3.8, 4) is 5.75 Å². The molecule has 0 unspecified atom stereocenters. The van der Waals surface area contributed by atoms with Gasteiger partial charge in [0.15, 0.2) is 0 Å². The fourth-order valence-corrected chi connectivity index (χ4v) is 3.07. The number of morpholine rings is 1. The van der Waals surface area contributed by atoms with Gasteiger partial charge in [0.1, 0.15) is 23.7 Å². The minimum absolute atomic E-state index is 0.0701. The zero-order valence-corrected chi connectivity index (χ0v) is 14.7. The monoisotopic (exact) mass is 365 g/mol. The highest BCUT2D eigenvalue weighted by Gasteiger charge is 2.14. The van der Waals surface area contributed by atoms with Gasteiger partial charge in [0, 0.05) is 30.6 Å². The molecule has 0 bridgehead atoms. The molecule has 1 fully saturated rings. The van der Waals surface area contributed by atoms with Crippen molar-refractivity contribution in [3.05, 3.63) is 70.3 Å². The van der Waals surface area contributed by atoms with E-state index in [9.17, 15) is 10.1 Å². The van der Waals surface area contributed by atoms with Crippen LogP contribution in [0.1, 0.15) is 5.56 Å². The zero-order valence-electron chi connectivity index (χ0n) is 14.7. The molecule has 2 heterocycles. The van der Waals surface area contributed by atoms with E-state index >= 15 is 0 Å². The van der Waals surface area contributed by atoms with E-state index in [1.165, 1.54) is 12.1 Å². The maximum atomic E-state index is 10.8. The van der Waals surface area contributed by atoms with Gasteiger partial charge < -0.3 is 14.4 Å². The van der Waals surface area contributed by atoms with Crippen molar-refractivity contribution in [1.29, 1.82) is 0 Å². The number of ether oxygens (including phenoxy) is 2. The number of nitro benzene ring substituents is 1. The molecule has 1 aliphatic rings. The van der Waals surface area contributed by atoms with Gasteiger partial charge in [-0.1, -0.05) is 12.1 Å². The summed E-state index contributed by atoms with van der Waals surface area (Å²) < 4.78 is 11.4. The number of non-ortho nitro benzene ring substituents is 1. The highest BCUT2D eigenvalue weighted by molar-refractivity contribution is 5.86. The number of nitro groups is 1. The van der Waals surface area contributed by atoms with Gasteiger partial charge in [-0.15, -0.1) is 0 Å². The van der Waals surface area contributed by atoms with E-state index in [4.69, 9.17) is 14.5 Å². The second-order valence-corrected chi connectivity index (χ2v) is 6.31. The molecule has 4 rings (SSSR count). The number of pyridine rings is 1. The Morgan fingerprint density at radius 2 is 1.85 bits per heavy atom. The number of rotatable bonds is 5. The Morgan fingerprint density at radius 1 is 1.07 bits per heavy atom. The molecule has 0 N–H and O–H groups in total. The summed E-state index contributed by atoms with van der Waals surface area (Å²) in [6, 6.07) is 16.3. The number of hydrogen-bond donors (Lipinski definition) is 0. The summed E-state index contributed by atoms with van der Waals surface area (Å²) in [6.45, 7) is 3.38. The van der Waals surface area contributed by atoms with Crippen LogP contribution in [0, 0.1) is 10.1 Å². The SMILES string of the molecule is O=[N+]([O-])c1ccc(COc2cccc3ccc(N4CCOCC4)nc23)cc1. The summed E-state index contributed by atoms with van der Waals surface area (Å²) in [5.41, 5.74) is 1.74. The van der Waals surface area contributed by atoms with Crippen molar-refractivity contribution in [1.82, 2.24) is 4.98 Å². The smallest absolute Gasteiger partial charge is 0.269 e. The Bertz CT molecular complexity index is 953. The number of hydrogen-bond acceptors (Lipinski definition) is 6. The number of para-hydroxylation sites is 1. The molecule has 0 radical (unpaired) electrons. The molecule has 0 saturated carbocycles. The minimum atomic E-state index is -0.410. The van der Waals surface area contributed by atoms with Crippen LogP contribution in [0.2, 0.25) is 0 Å². The van der Waals surface area contributed by atoms with Gasteiger partial charge in [-0.2, -0.15) is 0 Å². The number of aromatic nitrogens is 1. The average molecular weight is 365 g/mol.